The highest BCUT2D eigenvalue weighted by molar-refractivity contribution is 5.70. The van der Waals surface area contributed by atoms with E-state index in [9.17, 15) is 9.90 Å². The van der Waals surface area contributed by atoms with E-state index in [0.29, 0.717) is 13.0 Å². The van der Waals surface area contributed by atoms with Gasteiger partial charge in [0.05, 0.1) is 18.6 Å². The van der Waals surface area contributed by atoms with Crippen LogP contribution in [0.5, 0.6) is 0 Å². The van der Waals surface area contributed by atoms with Crippen molar-refractivity contribution in [1.29, 1.82) is 0 Å². The number of nitrogens with one attached hydrogen (secondary N) is 2. The molecule has 1 aromatic rings. The molecule has 19 heavy (non-hydrogen) atoms. The number of aromatic amines is 1. The van der Waals surface area contributed by atoms with Gasteiger partial charge >= 0.3 is 0 Å². The Kier molecular flexibility index (Phi) is 4.87. The molecular weight excluding hydrogens is 242 g/mol. The summed E-state index contributed by atoms with van der Waals surface area (Å²) in [6, 6.07) is 0.117. The summed E-state index contributed by atoms with van der Waals surface area (Å²) in [5.41, 5.74) is 2.54. The number of aromatic nitrogens is 2. The van der Waals surface area contributed by atoms with Crippen molar-refractivity contribution in [2.24, 2.45) is 0 Å². The minimum atomic E-state index is -0.0547. The monoisotopic (exact) mass is 263 g/mol. The molecule has 0 amide bonds. The topological polar surface area (TPSA) is 78.0 Å². The fourth-order valence-electron chi connectivity index (χ4n) is 2.33. The Morgan fingerprint density at radius 2 is 2.42 bits per heavy atom. The third-order valence-electron chi connectivity index (χ3n) is 3.51. The molecular formula is C14H21N3O2. The number of hydrogen-bond donors (Lipinski definition) is 3. The number of fused-ring (bicyclic) bond motifs is 1. The molecule has 0 aliphatic heterocycles. The van der Waals surface area contributed by atoms with Gasteiger partial charge in [-0.2, -0.15) is 0 Å². The molecule has 5 nitrogen and oxygen atoms in total. The molecule has 1 unspecified atom stereocenters. The van der Waals surface area contributed by atoms with Crippen LogP contribution in [0.3, 0.4) is 0 Å². The van der Waals surface area contributed by atoms with Crippen LogP contribution in [0.15, 0.2) is 17.2 Å². The first-order valence-electron chi connectivity index (χ1n) is 6.86. The minimum Gasteiger partial charge on any atom is -0.395 e. The zero-order valence-corrected chi connectivity index (χ0v) is 11.3. The van der Waals surface area contributed by atoms with Crippen LogP contribution in [0.1, 0.15) is 37.4 Å². The van der Waals surface area contributed by atoms with Crippen molar-refractivity contribution < 1.29 is 5.11 Å². The van der Waals surface area contributed by atoms with E-state index < -0.39 is 0 Å². The standard InChI is InChI=1S/C14H21N3O2/c1-2-3-4-11(8-18)15-7-10-5-6-12-13(10)16-9-17-14(12)19/h5,9,11,15,18H,2-4,6-8H2,1H3,(H,16,17,19). The fourth-order valence-corrected chi connectivity index (χ4v) is 2.33. The Labute approximate surface area is 112 Å². The lowest BCUT2D eigenvalue weighted by Gasteiger charge is -2.16. The van der Waals surface area contributed by atoms with Crippen molar-refractivity contribution in [2.45, 2.75) is 38.6 Å². The van der Waals surface area contributed by atoms with Gasteiger partial charge in [0.1, 0.15) is 0 Å². The fraction of sp³-hybridized carbons (Fsp3) is 0.571. The van der Waals surface area contributed by atoms with Gasteiger partial charge in [0.15, 0.2) is 0 Å². The lowest BCUT2D eigenvalue weighted by molar-refractivity contribution is 0.237. The van der Waals surface area contributed by atoms with Crippen molar-refractivity contribution in [3.05, 3.63) is 34.0 Å². The summed E-state index contributed by atoms with van der Waals surface area (Å²) in [6.45, 7) is 2.93. The molecule has 2 rings (SSSR count). The quantitative estimate of drug-likeness (QED) is 0.681. The average molecular weight is 263 g/mol. The molecule has 1 aliphatic carbocycles. The second-order valence-corrected chi connectivity index (χ2v) is 4.89. The van der Waals surface area contributed by atoms with Gasteiger partial charge in [-0.3, -0.25) is 4.79 Å². The predicted octanol–water partition coefficient (Wildman–Crippen LogP) is 0.850. The van der Waals surface area contributed by atoms with Crippen LogP contribution in [0.25, 0.3) is 5.57 Å². The van der Waals surface area contributed by atoms with E-state index in [4.69, 9.17) is 0 Å². The first-order chi connectivity index (χ1) is 9.26. The number of rotatable bonds is 7. The van der Waals surface area contributed by atoms with Crippen LogP contribution < -0.4 is 10.9 Å². The average Bonchev–Trinajstić information content (AvgIpc) is 2.84. The number of H-pyrrole nitrogens is 1. The van der Waals surface area contributed by atoms with Crippen LogP contribution in [0, 0.1) is 0 Å². The molecule has 0 aromatic carbocycles. The Morgan fingerprint density at radius 3 is 3.16 bits per heavy atom. The van der Waals surface area contributed by atoms with Crippen LogP contribution in [-0.2, 0) is 6.42 Å². The first-order valence-corrected chi connectivity index (χ1v) is 6.86. The Bertz CT molecular complexity index is 508. The van der Waals surface area contributed by atoms with E-state index in [1.54, 1.807) is 0 Å². The number of allylic oxidation sites excluding steroid dienone is 1. The van der Waals surface area contributed by atoms with Gasteiger partial charge in [-0.15, -0.1) is 0 Å². The third kappa shape index (κ3) is 3.30. The van der Waals surface area contributed by atoms with Crippen molar-refractivity contribution in [3.63, 3.8) is 0 Å². The lowest BCUT2D eigenvalue weighted by Crippen LogP contribution is -2.33. The molecule has 1 atom stereocenters. The van der Waals surface area contributed by atoms with Gasteiger partial charge in [-0.25, -0.2) is 4.98 Å². The molecule has 0 radical (unpaired) electrons. The number of aliphatic hydroxyl groups excluding tert-OH is 1. The number of nitrogens with zero attached hydrogens (tertiary/aromatic N) is 1. The molecule has 1 heterocycles. The Morgan fingerprint density at radius 1 is 1.58 bits per heavy atom. The molecule has 0 saturated heterocycles. The van der Waals surface area contributed by atoms with Gasteiger partial charge in [0, 0.05) is 18.2 Å². The summed E-state index contributed by atoms with van der Waals surface area (Å²) >= 11 is 0. The minimum absolute atomic E-state index is 0.0547. The predicted molar refractivity (Wildman–Crippen MR) is 74.9 cm³/mol. The summed E-state index contributed by atoms with van der Waals surface area (Å²) in [4.78, 5) is 18.4. The normalized spacial score (nSPS) is 15.2. The van der Waals surface area contributed by atoms with Gasteiger partial charge < -0.3 is 15.4 Å². The molecule has 5 heteroatoms. The van der Waals surface area contributed by atoms with Gasteiger partial charge in [0.2, 0.25) is 0 Å². The van der Waals surface area contributed by atoms with E-state index >= 15 is 0 Å². The second kappa shape index (κ2) is 6.63. The molecule has 1 aliphatic rings. The largest absolute Gasteiger partial charge is 0.395 e. The highest BCUT2D eigenvalue weighted by Gasteiger charge is 2.18. The van der Waals surface area contributed by atoms with Crippen molar-refractivity contribution >= 4 is 5.57 Å². The highest BCUT2D eigenvalue weighted by atomic mass is 16.3. The van der Waals surface area contributed by atoms with Crippen molar-refractivity contribution in [2.75, 3.05) is 13.2 Å². The van der Waals surface area contributed by atoms with Crippen LogP contribution >= 0.6 is 0 Å². The highest BCUT2D eigenvalue weighted by Crippen LogP contribution is 2.21. The van der Waals surface area contributed by atoms with Crippen molar-refractivity contribution in [3.8, 4) is 0 Å². The summed E-state index contributed by atoms with van der Waals surface area (Å²) < 4.78 is 0. The molecule has 104 valence electrons. The molecule has 0 spiro atoms. The maximum Gasteiger partial charge on any atom is 0.254 e. The van der Waals surface area contributed by atoms with Crippen LogP contribution in [0.2, 0.25) is 0 Å². The van der Waals surface area contributed by atoms with Crippen LogP contribution in [0.4, 0.5) is 0 Å². The molecule has 0 bridgehead atoms. The van der Waals surface area contributed by atoms with Gasteiger partial charge in [0.25, 0.3) is 5.56 Å². The van der Waals surface area contributed by atoms with E-state index in [1.165, 1.54) is 6.33 Å². The number of unbranched alkanes of at least 4 members (excludes halogenated alkanes) is 1. The molecule has 3 N–H and O–H groups in total. The zero-order valence-electron chi connectivity index (χ0n) is 11.3. The SMILES string of the molecule is CCCCC(CO)NCC1=CCc2c1nc[nH]c2=O. The molecule has 0 saturated carbocycles. The maximum atomic E-state index is 11.6. The van der Waals surface area contributed by atoms with Crippen molar-refractivity contribution in [1.82, 2.24) is 15.3 Å². The van der Waals surface area contributed by atoms with Gasteiger partial charge in [-0.05, 0) is 18.4 Å². The zero-order chi connectivity index (χ0) is 13.7. The number of aliphatic hydroxyl groups is 1. The number of hydrogen-bond acceptors (Lipinski definition) is 4. The second-order valence-electron chi connectivity index (χ2n) is 4.89. The van der Waals surface area contributed by atoms with E-state index in [2.05, 4.69) is 22.2 Å². The smallest absolute Gasteiger partial charge is 0.254 e. The molecule has 0 fully saturated rings. The summed E-state index contributed by atoms with van der Waals surface area (Å²) in [7, 11) is 0. The summed E-state index contributed by atoms with van der Waals surface area (Å²) in [5.74, 6) is 0. The first kappa shape index (κ1) is 14.0. The lowest BCUT2D eigenvalue weighted by atomic mass is 10.1. The van der Waals surface area contributed by atoms with E-state index in [1.807, 2.05) is 6.08 Å². The van der Waals surface area contributed by atoms with Gasteiger partial charge in [-0.1, -0.05) is 25.8 Å². The Balaban J connectivity index is 1.95. The molecule has 1 aromatic heterocycles. The van der Waals surface area contributed by atoms with E-state index in [-0.39, 0.29) is 18.2 Å². The maximum absolute atomic E-state index is 11.6. The Hall–Kier alpha value is -1.46. The summed E-state index contributed by atoms with van der Waals surface area (Å²) in [5, 5.41) is 12.6. The third-order valence-corrected chi connectivity index (χ3v) is 3.51. The summed E-state index contributed by atoms with van der Waals surface area (Å²) in [6.07, 6.45) is 7.33. The van der Waals surface area contributed by atoms with Crippen LogP contribution in [-0.4, -0.2) is 34.3 Å². The van der Waals surface area contributed by atoms with E-state index in [0.717, 1.165) is 36.1 Å².